The summed E-state index contributed by atoms with van der Waals surface area (Å²) < 4.78 is 10.9. The molecule has 8 heteroatoms. The molecule has 1 aromatic carbocycles. The van der Waals surface area contributed by atoms with Crippen LogP contribution in [-0.4, -0.2) is 40.0 Å². The minimum absolute atomic E-state index is 0.0356. The zero-order chi connectivity index (χ0) is 21.1. The van der Waals surface area contributed by atoms with Gasteiger partial charge in [0.25, 0.3) is 5.89 Å². The summed E-state index contributed by atoms with van der Waals surface area (Å²) in [6.07, 6.45) is 2.52. The summed E-state index contributed by atoms with van der Waals surface area (Å²) in [6, 6.07) is 11.2. The maximum atomic E-state index is 13.2. The third-order valence-electron chi connectivity index (χ3n) is 5.15. The number of benzene rings is 1. The first-order chi connectivity index (χ1) is 14.5. The van der Waals surface area contributed by atoms with Crippen LogP contribution in [-0.2, 0) is 16.1 Å². The van der Waals surface area contributed by atoms with Gasteiger partial charge in [-0.05, 0) is 37.6 Å². The Bertz CT molecular complexity index is 1010. The number of rotatable bonds is 7. The highest BCUT2D eigenvalue weighted by molar-refractivity contribution is 6.00. The maximum Gasteiger partial charge on any atom is 0.283 e. The number of nitrogens with zero attached hydrogens (tertiary/aromatic N) is 4. The lowest BCUT2D eigenvalue weighted by molar-refractivity contribution is -0.136. The number of furan rings is 1. The lowest BCUT2D eigenvalue weighted by Gasteiger charge is -2.24. The minimum atomic E-state index is -0.391. The molecule has 0 aliphatic carbocycles. The molecule has 156 valence electrons. The quantitative estimate of drug-likeness (QED) is 0.595. The van der Waals surface area contributed by atoms with Crippen LogP contribution in [0.1, 0.15) is 31.2 Å². The van der Waals surface area contributed by atoms with Crippen molar-refractivity contribution in [2.24, 2.45) is 5.92 Å². The summed E-state index contributed by atoms with van der Waals surface area (Å²) in [7, 11) is 0. The van der Waals surface area contributed by atoms with Crippen molar-refractivity contribution < 1.29 is 18.4 Å². The zero-order valence-electron chi connectivity index (χ0n) is 17.1. The molecule has 30 heavy (non-hydrogen) atoms. The van der Waals surface area contributed by atoms with Crippen LogP contribution in [0, 0.1) is 12.8 Å². The maximum absolute atomic E-state index is 13.2. The van der Waals surface area contributed by atoms with Gasteiger partial charge in [-0.1, -0.05) is 24.6 Å². The minimum Gasteiger partial charge on any atom is -0.459 e. The van der Waals surface area contributed by atoms with Crippen LogP contribution >= 0.6 is 0 Å². The van der Waals surface area contributed by atoms with E-state index in [0.29, 0.717) is 24.7 Å². The van der Waals surface area contributed by atoms with E-state index in [0.717, 1.165) is 17.7 Å². The van der Waals surface area contributed by atoms with Gasteiger partial charge in [-0.2, -0.15) is 0 Å². The van der Waals surface area contributed by atoms with E-state index in [1.165, 1.54) is 6.26 Å². The number of hydrogen-bond donors (Lipinski definition) is 0. The summed E-state index contributed by atoms with van der Waals surface area (Å²) in [5.74, 6) is 0.600. The number of amides is 2. The monoisotopic (exact) mass is 408 g/mol. The van der Waals surface area contributed by atoms with Gasteiger partial charge in [0.15, 0.2) is 5.76 Å². The number of hydrogen-bond acceptors (Lipinski definition) is 6. The SMILES string of the molecule is CCCN(Cc1nnc(-c2ccco2)o1)C(=O)[C@H]1CC(=O)N(c2ccc(C)cc2)C1. The Hall–Kier alpha value is -3.42. The van der Waals surface area contributed by atoms with E-state index in [2.05, 4.69) is 10.2 Å². The van der Waals surface area contributed by atoms with E-state index >= 15 is 0 Å². The Morgan fingerprint density at radius 2 is 2.03 bits per heavy atom. The molecule has 1 aliphatic rings. The van der Waals surface area contributed by atoms with Crippen molar-refractivity contribution in [2.45, 2.75) is 33.2 Å². The molecule has 2 aromatic heterocycles. The van der Waals surface area contributed by atoms with E-state index < -0.39 is 5.92 Å². The first-order valence-corrected chi connectivity index (χ1v) is 10.1. The van der Waals surface area contributed by atoms with E-state index in [-0.39, 0.29) is 30.7 Å². The van der Waals surface area contributed by atoms with Crippen molar-refractivity contribution in [3.8, 4) is 11.7 Å². The fraction of sp³-hybridized carbons (Fsp3) is 0.364. The van der Waals surface area contributed by atoms with Gasteiger partial charge in [-0.25, -0.2) is 0 Å². The van der Waals surface area contributed by atoms with Gasteiger partial charge in [0.2, 0.25) is 17.7 Å². The molecule has 0 saturated carbocycles. The number of aromatic nitrogens is 2. The number of carbonyl (C=O) groups is 2. The normalized spacial score (nSPS) is 16.3. The molecule has 1 saturated heterocycles. The molecular formula is C22H24N4O4. The summed E-state index contributed by atoms with van der Waals surface area (Å²) in [5.41, 5.74) is 1.95. The highest BCUT2D eigenvalue weighted by atomic mass is 16.4. The first kappa shape index (κ1) is 19.9. The molecule has 1 atom stereocenters. The summed E-state index contributed by atoms with van der Waals surface area (Å²) >= 11 is 0. The van der Waals surface area contributed by atoms with Crippen LogP contribution in [0.4, 0.5) is 5.69 Å². The fourth-order valence-corrected chi connectivity index (χ4v) is 3.62. The van der Waals surface area contributed by atoms with Crippen molar-refractivity contribution in [3.63, 3.8) is 0 Å². The molecule has 1 fully saturated rings. The van der Waals surface area contributed by atoms with Crippen LogP contribution in [0.2, 0.25) is 0 Å². The van der Waals surface area contributed by atoms with Crippen LogP contribution in [0.15, 0.2) is 51.5 Å². The standard InChI is InChI=1S/C22H24N4O4/c1-3-10-25(14-19-23-24-21(30-19)18-5-4-11-29-18)22(28)16-12-20(27)26(13-16)17-8-6-15(2)7-9-17/h4-9,11,16H,3,10,12-14H2,1-2H3/t16-/m0/s1. The molecule has 8 nitrogen and oxygen atoms in total. The molecule has 0 spiro atoms. The van der Waals surface area contributed by atoms with Gasteiger partial charge in [0.05, 0.1) is 18.7 Å². The van der Waals surface area contributed by atoms with Gasteiger partial charge >= 0.3 is 0 Å². The molecule has 1 aliphatic heterocycles. The highest BCUT2D eigenvalue weighted by Gasteiger charge is 2.37. The van der Waals surface area contributed by atoms with Gasteiger partial charge in [0, 0.05) is 25.2 Å². The van der Waals surface area contributed by atoms with Crippen LogP contribution in [0.3, 0.4) is 0 Å². The van der Waals surface area contributed by atoms with Gasteiger partial charge in [-0.3, -0.25) is 9.59 Å². The Balaban J connectivity index is 1.45. The Morgan fingerprint density at radius 1 is 1.23 bits per heavy atom. The number of aryl methyl sites for hydroxylation is 1. The fourth-order valence-electron chi connectivity index (χ4n) is 3.62. The van der Waals surface area contributed by atoms with E-state index in [4.69, 9.17) is 8.83 Å². The van der Waals surface area contributed by atoms with Crippen molar-refractivity contribution in [3.05, 3.63) is 54.1 Å². The number of anilines is 1. The van der Waals surface area contributed by atoms with E-state index in [9.17, 15) is 9.59 Å². The molecule has 0 N–H and O–H groups in total. The lowest BCUT2D eigenvalue weighted by Crippen LogP contribution is -2.37. The lowest BCUT2D eigenvalue weighted by atomic mass is 10.1. The zero-order valence-corrected chi connectivity index (χ0v) is 17.1. The summed E-state index contributed by atoms with van der Waals surface area (Å²) in [6.45, 7) is 5.13. The largest absolute Gasteiger partial charge is 0.459 e. The average Bonchev–Trinajstić information content (AvgIpc) is 3.48. The van der Waals surface area contributed by atoms with Crippen LogP contribution in [0.25, 0.3) is 11.7 Å². The molecule has 0 unspecified atom stereocenters. The van der Waals surface area contributed by atoms with Crippen molar-refractivity contribution in [1.29, 1.82) is 0 Å². The smallest absolute Gasteiger partial charge is 0.283 e. The van der Waals surface area contributed by atoms with E-state index in [1.54, 1.807) is 21.9 Å². The average molecular weight is 408 g/mol. The summed E-state index contributed by atoms with van der Waals surface area (Å²) in [5, 5.41) is 8.03. The topological polar surface area (TPSA) is 92.7 Å². The Kier molecular flexibility index (Phi) is 5.65. The van der Waals surface area contributed by atoms with Crippen LogP contribution in [0.5, 0.6) is 0 Å². The van der Waals surface area contributed by atoms with Gasteiger partial charge in [-0.15, -0.1) is 10.2 Å². The molecule has 3 heterocycles. The molecule has 0 bridgehead atoms. The predicted molar refractivity (Wildman–Crippen MR) is 109 cm³/mol. The molecule has 4 rings (SSSR count). The molecule has 3 aromatic rings. The van der Waals surface area contributed by atoms with Gasteiger partial charge in [0.1, 0.15) is 0 Å². The Morgan fingerprint density at radius 3 is 2.73 bits per heavy atom. The summed E-state index contributed by atoms with van der Waals surface area (Å²) in [4.78, 5) is 29.1. The van der Waals surface area contributed by atoms with E-state index in [1.807, 2.05) is 38.1 Å². The van der Waals surface area contributed by atoms with Crippen molar-refractivity contribution >= 4 is 17.5 Å². The molecule has 0 radical (unpaired) electrons. The van der Waals surface area contributed by atoms with Crippen LogP contribution < -0.4 is 4.90 Å². The second-order valence-corrected chi connectivity index (χ2v) is 7.48. The second kappa shape index (κ2) is 8.52. The number of carbonyl (C=O) groups excluding carboxylic acids is 2. The third-order valence-corrected chi connectivity index (χ3v) is 5.15. The van der Waals surface area contributed by atoms with Crippen molar-refractivity contribution in [2.75, 3.05) is 18.0 Å². The first-order valence-electron chi connectivity index (χ1n) is 10.1. The second-order valence-electron chi connectivity index (χ2n) is 7.48. The molecular weight excluding hydrogens is 384 g/mol. The van der Waals surface area contributed by atoms with Crippen molar-refractivity contribution in [1.82, 2.24) is 15.1 Å². The molecule has 2 amide bonds. The Labute approximate surface area is 174 Å². The highest BCUT2D eigenvalue weighted by Crippen LogP contribution is 2.27. The third kappa shape index (κ3) is 4.12. The van der Waals surface area contributed by atoms with Gasteiger partial charge < -0.3 is 18.6 Å². The predicted octanol–water partition coefficient (Wildman–Crippen LogP) is 3.43.